The van der Waals surface area contributed by atoms with Crippen LogP contribution in [0.3, 0.4) is 0 Å². The highest BCUT2D eigenvalue weighted by Crippen LogP contribution is 2.50. The van der Waals surface area contributed by atoms with Gasteiger partial charge in [0.25, 0.3) is 0 Å². The van der Waals surface area contributed by atoms with Gasteiger partial charge in [-0.05, 0) is 36.4 Å². The third kappa shape index (κ3) is 2.00. The first kappa shape index (κ1) is 15.3. The van der Waals surface area contributed by atoms with Gasteiger partial charge in [0.1, 0.15) is 11.5 Å². The highest BCUT2D eigenvalue weighted by molar-refractivity contribution is 9.10. The zero-order valence-electron chi connectivity index (χ0n) is 11.9. The molecule has 2 aromatic rings. The molecule has 2 aliphatic heterocycles. The number of halogens is 4. The average Bonchev–Trinajstić information content (AvgIpc) is 2.53. The molecule has 0 fully saturated rings. The van der Waals surface area contributed by atoms with Crippen molar-refractivity contribution in [2.24, 2.45) is 0 Å². The van der Waals surface area contributed by atoms with Gasteiger partial charge in [-0.3, -0.25) is 4.79 Å². The number of fused-ring (bicyclic) bond motifs is 3. The Balaban J connectivity index is 2.00. The highest BCUT2D eigenvalue weighted by atomic mass is 79.9. The van der Waals surface area contributed by atoms with E-state index in [4.69, 9.17) is 9.47 Å². The number of Topliss-reactive ketones (excluding diaryl/α,β-unsaturated/α-hetero) is 1. The molecule has 7 heteroatoms. The number of ether oxygens (including phenoxy) is 2. The lowest BCUT2D eigenvalue weighted by Gasteiger charge is -2.42. The monoisotopic (exact) mass is 396 g/mol. The fourth-order valence-corrected chi connectivity index (χ4v) is 3.17. The van der Waals surface area contributed by atoms with E-state index >= 15 is 0 Å². The molecule has 0 N–H and O–H groups in total. The van der Waals surface area contributed by atoms with Crippen LogP contribution in [0, 0.1) is 0 Å². The second kappa shape index (κ2) is 4.86. The van der Waals surface area contributed by atoms with Crippen molar-refractivity contribution in [1.29, 1.82) is 0 Å². The van der Waals surface area contributed by atoms with Crippen LogP contribution in [-0.2, 0) is 0 Å². The first-order valence-electron chi connectivity index (χ1n) is 6.92. The minimum absolute atomic E-state index is 0.00791. The fraction of sp³-hybridized carbons (Fsp3) is 0.118. The molecule has 1 atom stereocenters. The molecule has 122 valence electrons. The minimum atomic E-state index is -4.94. The van der Waals surface area contributed by atoms with Crippen molar-refractivity contribution in [3.05, 3.63) is 63.6 Å². The zero-order chi connectivity index (χ0) is 17.1. The predicted octanol–water partition coefficient (Wildman–Crippen LogP) is 4.76. The van der Waals surface area contributed by atoms with Crippen molar-refractivity contribution in [3.8, 4) is 11.5 Å². The van der Waals surface area contributed by atoms with Crippen molar-refractivity contribution >= 4 is 27.8 Å². The van der Waals surface area contributed by atoms with E-state index in [1.165, 1.54) is 30.3 Å². The third-order valence-corrected chi connectivity index (χ3v) is 4.38. The van der Waals surface area contributed by atoms with Gasteiger partial charge in [-0.15, -0.1) is 0 Å². The second-order valence-corrected chi connectivity index (χ2v) is 6.30. The van der Waals surface area contributed by atoms with Crippen LogP contribution in [-0.4, -0.2) is 17.7 Å². The summed E-state index contributed by atoms with van der Waals surface area (Å²) in [5.74, 6) is -4.07. The third-order valence-electron chi connectivity index (χ3n) is 3.88. The normalized spacial score (nSPS) is 21.7. The summed E-state index contributed by atoms with van der Waals surface area (Å²) < 4.78 is 52.6. The maximum absolute atomic E-state index is 13.9. The molecule has 2 heterocycles. The van der Waals surface area contributed by atoms with E-state index in [0.29, 0.717) is 10.0 Å². The number of rotatable bonds is 0. The summed E-state index contributed by atoms with van der Waals surface area (Å²) in [5, 5.41) is 0. The van der Waals surface area contributed by atoms with Crippen LogP contribution in [0.2, 0.25) is 0 Å². The van der Waals surface area contributed by atoms with Crippen molar-refractivity contribution in [2.45, 2.75) is 12.0 Å². The second-order valence-electron chi connectivity index (χ2n) is 5.38. The molecule has 2 aromatic carbocycles. The molecular weight excluding hydrogens is 389 g/mol. The summed E-state index contributed by atoms with van der Waals surface area (Å²) in [4.78, 5) is 12.7. The maximum atomic E-state index is 13.9. The van der Waals surface area contributed by atoms with Crippen LogP contribution in [0.15, 0.2) is 52.5 Å². The van der Waals surface area contributed by atoms with Crippen LogP contribution in [0.4, 0.5) is 13.2 Å². The summed E-state index contributed by atoms with van der Waals surface area (Å²) >= 11 is 3.25. The largest absolute Gasteiger partial charge is 0.473 e. The van der Waals surface area contributed by atoms with E-state index in [1.807, 2.05) is 0 Å². The molecule has 0 bridgehead atoms. The Morgan fingerprint density at radius 3 is 2.46 bits per heavy atom. The topological polar surface area (TPSA) is 35.5 Å². The fourth-order valence-electron chi connectivity index (χ4n) is 2.79. The van der Waals surface area contributed by atoms with E-state index in [9.17, 15) is 18.0 Å². The van der Waals surface area contributed by atoms with Gasteiger partial charge < -0.3 is 9.47 Å². The number of para-hydroxylation sites is 1. The molecule has 0 radical (unpaired) electrons. The molecule has 0 aliphatic carbocycles. The first-order valence-corrected chi connectivity index (χ1v) is 7.71. The molecule has 0 saturated carbocycles. The van der Waals surface area contributed by atoms with E-state index in [2.05, 4.69) is 15.9 Å². The van der Waals surface area contributed by atoms with Crippen LogP contribution < -0.4 is 9.47 Å². The summed E-state index contributed by atoms with van der Waals surface area (Å²) in [6.07, 6.45) is -3.76. The van der Waals surface area contributed by atoms with E-state index in [-0.39, 0.29) is 17.1 Å². The van der Waals surface area contributed by atoms with Gasteiger partial charge in [0.2, 0.25) is 5.78 Å². The number of benzene rings is 2. The molecular formula is C17H8BrF3O3. The average molecular weight is 397 g/mol. The molecule has 3 nitrogen and oxygen atoms in total. The lowest BCUT2D eigenvalue weighted by molar-refractivity contribution is -0.303. The number of hydrogen-bond donors (Lipinski definition) is 0. The van der Waals surface area contributed by atoms with Crippen LogP contribution in [0.1, 0.15) is 15.9 Å². The minimum Gasteiger partial charge on any atom is -0.440 e. The smallest absolute Gasteiger partial charge is 0.440 e. The number of carbonyl (C=O) groups is 1. The van der Waals surface area contributed by atoms with Gasteiger partial charge in [-0.1, -0.05) is 28.1 Å². The van der Waals surface area contributed by atoms with Crippen LogP contribution >= 0.6 is 15.9 Å². The Morgan fingerprint density at radius 2 is 1.71 bits per heavy atom. The molecule has 0 amide bonds. The Kier molecular flexibility index (Phi) is 3.09. The molecule has 4 rings (SSSR count). The first-order chi connectivity index (χ1) is 11.3. The number of ketones is 1. The summed E-state index contributed by atoms with van der Waals surface area (Å²) in [5.41, 5.74) is -0.138. The van der Waals surface area contributed by atoms with Gasteiger partial charge in [-0.2, -0.15) is 13.2 Å². The molecule has 0 spiro atoms. The van der Waals surface area contributed by atoms with E-state index < -0.39 is 23.3 Å². The van der Waals surface area contributed by atoms with Gasteiger partial charge in [0, 0.05) is 10.0 Å². The molecule has 1 unspecified atom stereocenters. The zero-order valence-corrected chi connectivity index (χ0v) is 13.4. The SMILES string of the molecule is O=C1C2=Cc3cc(Br)ccc3OC2(C(F)(F)F)Oc2ccccc21. The van der Waals surface area contributed by atoms with E-state index in [0.717, 1.165) is 0 Å². The van der Waals surface area contributed by atoms with Crippen molar-refractivity contribution in [3.63, 3.8) is 0 Å². The molecule has 24 heavy (non-hydrogen) atoms. The highest BCUT2D eigenvalue weighted by Gasteiger charge is 2.68. The predicted molar refractivity (Wildman–Crippen MR) is 82.9 cm³/mol. The Hall–Kier alpha value is -2.28. The van der Waals surface area contributed by atoms with Crippen molar-refractivity contribution in [2.75, 3.05) is 0 Å². The van der Waals surface area contributed by atoms with Crippen LogP contribution in [0.25, 0.3) is 6.08 Å². The Labute approximate surface area is 142 Å². The van der Waals surface area contributed by atoms with Crippen LogP contribution in [0.5, 0.6) is 11.5 Å². The van der Waals surface area contributed by atoms with Gasteiger partial charge >= 0.3 is 12.0 Å². The number of carbonyl (C=O) groups excluding carboxylic acids is 1. The lowest BCUT2D eigenvalue weighted by Crippen LogP contribution is -2.60. The number of hydrogen-bond acceptors (Lipinski definition) is 3. The summed E-state index contributed by atoms with van der Waals surface area (Å²) in [6, 6.07) is 10.3. The Bertz CT molecular complexity index is 904. The Morgan fingerprint density at radius 1 is 1.00 bits per heavy atom. The molecule has 0 saturated heterocycles. The van der Waals surface area contributed by atoms with Gasteiger partial charge in [-0.25, -0.2) is 0 Å². The lowest BCUT2D eigenvalue weighted by atomic mass is 9.88. The van der Waals surface area contributed by atoms with Crippen molar-refractivity contribution in [1.82, 2.24) is 0 Å². The van der Waals surface area contributed by atoms with E-state index in [1.54, 1.807) is 18.2 Å². The molecule has 2 aliphatic rings. The van der Waals surface area contributed by atoms with Gasteiger partial charge in [0.15, 0.2) is 0 Å². The van der Waals surface area contributed by atoms with Crippen molar-refractivity contribution < 1.29 is 27.4 Å². The van der Waals surface area contributed by atoms with Gasteiger partial charge in [0.05, 0.1) is 11.1 Å². The standard InChI is InChI=1S/C17H8BrF3O3/c18-10-5-6-13-9(7-10)8-12-15(22)11-3-1-2-4-14(11)24-16(12,23-13)17(19,20)21/h1-8H. The number of alkyl halides is 3. The quantitative estimate of drug-likeness (QED) is 0.643. The molecule has 0 aromatic heterocycles. The maximum Gasteiger partial charge on any atom is 0.473 e. The summed E-state index contributed by atoms with van der Waals surface area (Å²) in [6.45, 7) is 0. The summed E-state index contributed by atoms with van der Waals surface area (Å²) in [7, 11) is 0.